The maximum absolute atomic E-state index is 5.48. The van der Waals surface area contributed by atoms with Gasteiger partial charge in [-0.2, -0.15) is 0 Å². The molecule has 0 aromatic rings. The summed E-state index contributed by atoms with van der Waals surface area (Å²) >= 11 is 0. The van der Waals surface area contributed by atoms with Crippen molar-refractivity contribution < 1.29 is 4.74 Å². The standard InChI is InChI=1S/C4H7N5O/c5-3-1-10-4-7-9(6)2-8(3)4/h1H,2,5-6H2. The molecule has 0 unspecified atom stereocenters. The number of ether oxygens (including phenoxy) is 1. The SMILES string of the molecule is NC1=COC2=NN(N)CN12. The zero-order chi connectivity index (χ0) is 7.14. The first-order valence-corrected chi connectivity index (χ1v) is 2.78. The highest BCUT2D eigenvalue weighted by molar-refractivity contribution is 5.79. The average Bonchev–Trinajstić information content (AvgIpc) is 2.35. The summed E-state index contributed by atoms with van der Waals surface area (Å²) in [7, 11) is 0. The van der Waals surface area contributed by atoms with Crippen LogP contribution in [0.3, 0.4) is 0 Å². The largest absolute Gasteiger partial charge is 0.428 e. The van der Waals surface area contributed by atoms with Crippen LogP contribution in [-0.2, 0) is 4.74 Å². The topological polar surface area (TPSA) is 80.1 Å². The number of hydrazine groups is 1. The Hall–Kier alpha value is -1.43. The van der Waals surface area contributed by atoms with E-state index in [-0.39, 0.29) is 0 Å². The maximum atomic E-state index is 5.48. The van der Waals surface area contributed by atoms with E-state index in [2.05, 4.69) is 5.10 Å². The van der Waals surface area contributed by atoms with Crippen molar-refractivity contribution in [3.63, 3.8) is 0 Å². The molecule has 2 aliphatic rings. The number of amidine groups is 1. The molecule has 0 saturated heterocycles. The Morgan fingerprint density at radius 1 is 1.70 bits per heavy atom. The van der Waals surface area contributed by atoms with E-state index >= 15 is 0 Å². The minimum Gasteiger partial charge on any atom is -0.428 e. The van der Waals surface area contributed by atoms with Crippen molar-refractivity contribution in [1.29, 1.82) is 0 Å². The van der Waals surface area contributed by atoms with Gasteiger partial charge in [-0.05, 0) is 0 Å². The molecule has 10 heavy (non-hydrogen) atoms. The van der Waals surface area contributed by atoms with Gasteiger partial charge in [0.2, 0.25) is 0 Å². The molecule has 0 fully saturated rings. The molecule has 0 bridgehead atoms. The van der Waals surface area contributed by atoms with E-state index in [1.807, 2.05) is 0 Å². The molecule has 2 aliphatic heterocycles. The summed E-state index contributed by atoms with van der Waals surface area (Å²) in [6.45, 7) is 0.456. The third-order valence-electron chi connectivity index (χ3n) is 1.33. The van der Waals surface area contributed by atoms with Crippen molar-refractivity contribution in [2.45, 2.75) is 0 Å². The molecule has 0 spiro atoms. The molecular weight excluding hydrogens is 134 g/mol. The Bertz CT molecular complexity index is 222. The minimum absolute atomic E-state index is 0.444. The van der Waals surface area contributed by atoms with Gasteiger partial charge in [0.25, 0.3) is 0 Å². The van der Waals surface area contributed by atoms with E-state index in [1.165, 1.54) is 11.4 Å². The van der Waals surface area contributed by atoms with Crippen LogP contribution in [0, 0.1) is 0 Å². The summed E-state index contributed by atoms with van der Waals surface area (Å²) < 4.78 is 4.93. The normalized spacial score (nSPS) is 22.1. The van der Waals surface area contributed by atoms with Crippen LogP contribution in [0.1, 0.15) is 0 Å². The second-order valence-corrected chi connectivity index (χ2v) is 2.05. The van der Waals surface area contributed by atoms with Crippen LogP contribution in [0.5, 0.6) is 0 Å². The zero-order valence-corrected chi connectivity index (χ0v) is 5.19. The van der Waals surface area contributed by atoms with Crippen LogP contribution in [0.4, 0.5) is 0 Å². The second kappa shape index (κ2) is 1.54. The third-order valence-corrected chi connectivity index (χ3v) is 1.33. The van der Waals surface area contributed by atoms with E-state index in [0.29, 0.717) is 18.5 Å². The molecule has 2 rings (SSSR count). The molecule has 0 amide bonds. The second-order valence-electron chi connectivity index (χ2n) is 2.05. The Labute approximate surface area is 57.3 Å². The number of rotatable bonds is 0. The lowest BCUT2D eigenvalue weighted by atomic mass is 10.7. The van der Waals surface area contributed by atoms with Gasteiger partial charge in [0.1, 0.15) is 18.8 Å². The first-order valence-electron chi connectivity index (χ1n) is 2.78. The number of nitrogens with zero attached hydrogens (tertiary/aromatic N) is 3. The van der Waals surface area contributed by atoms with Gasteiger partial charge in [-0.15, -0.1) is 5.10 Å². The van der Waals surface area contributed by atoms with E-state index in [0.717, 1.165) is 0 Å². The zero-order valence-electron chi connectivity index (χ0n) is 5.19. The van der Waals surface area contributed by atoms with Crippen molar-refractivity contribution in [1.82, 2.24) is 10.0 Å². The summed E-state index contributed by atoms with van der Waals surface area (Å²) in [4.78, 5) is 1.67. The Morgan fingerprint density at radius 3 is 3.20 bits per heavy atom. The summed E-state index contributed by atoms with van der Waals surface area (Å²) in [6.07, 6.45) is 1.44. The fourth-order valence-corrected chi connectivity index (χ4v) is 0.857. The van der Waals surface area contributed by atoms with Gasteiger partial charge in [-0.3, -0.25) is 4.90 Å². The van der Waals surface area contributed by atoms with E-state index in [9.17, 15) is 0 Å². The molecule has 6 heteroatoms. The van der Waals surface area contributed by atoms with Gasteiger partial charge in [0, 0.05) is 0 Å². The monoisotopic (exact) mass is 141 g/mol. The summed E-state index contributed by atoms with van der Waals surface area (Å²) in [5.74, 6) is 5.86. The average molecular weight is 141 g/mol. The van der Waals surface area contributed by atoms with Crippen LogP contribution in [0.15, 0.2) is 17.2 Å². The van der Waals surface area contributed by atoms with Crippen LogP contribution in [0.2, 0.25) is 0 Å². The minimum atomic E-state index is 0.444. The van der Waals surface area contributed by atoms with Crippen LogP contribution in [-0.4, -0.2) is 22.7 Å². The van der Waals surface area contributed by atoms with Crippen molar-refractivity contribution in [3.8, 4) is 0 Å². The summed E-state index contributed by atoms with van der Waals surface area (Å²) in [5, 5.41) is 5.06. The number of nitrogens with two attached hydrogens (primary N) is 2. The maximum Gasteiger partial charge on any atom is 0.323 e. The number of hydrazone groups is 1. The van der Waals surface area contributed by atoms with Gasteiger partial charge in [0.05, 0.1) is 0 Å². The predicted octanol–water partition coefficient (Wildman–Crippen LogP) is -1.51. The Balaban J connectivity index is 2.25. The van der Waals surface area contributed by atoms with Crippen molar-refractivity contribution in [2.24, 2.45) is 16.7 Å². The fourth-order valence-electron chi connectivity index (χ4n) is 0.857. The number of fused-ring (bicyclic) bond motifs is 1. The van der Waals surface area contributed by atoms with E-state index in [4.69, 9.17) is 16.3 Å². The van der Waals surface area contributed by atoms with Crippen LogP contribution >= 0.6 is 0 Å². The fraction of sp³-hybridized carbons (Fsp3) is 0.250. The van der Waals surface area contributed by atoms with Crippen LogP contribution < -0.4 is 11.6 Å². The lowest BCUT2D eigenvalue weighted by molar-refractivity contribution is 0.263. The Kier molecular flexibility index (Phi) is 0.825. The van der Waals surface area contributed by atoms with Gasteiger partial charge >= 0.3 is 6.02 Å². The number of hydrogen-bond acceptors (Lipinski definition) is 6. The molecule has 2 heterocycles. The first kappa shape index (κ1) is 5.36. The molecule has 6 nitrogen and oxygen atoms in total. The highest BCUT2D eigenvalue weighted by Crippen LogP contribution is 2.15. The van der Waals surface area contributed by atoms with Gasteiger partial charge in [-0.1, -0.05) is 0 Å². The van der Waals surface area contributed by atoms with Crippen molar-refractivity contribution in [2.75, 3.05) is 6.67 Å². The molecule has 54 valence electrons. The highest BCUT2D eigenvalue weighted by Gasteiger charge is 2.29. The molecule has 0 aromatic heterocycles. The lowest BCUT2D eigenvalue weighted by Gasteiger charge is -2.10. The van der Waals surface area contributed by atoms with Gasteiger partial charge in [-0.25, -0.2) is 11.0 Å². The molecule has 0 aliphatic carbocycles. The Morgan fingerprint density at radius 2 is 2.50 bits per heavy atom. The molecule has 0 radical (unpaired) electrons. The van der Waals surface area contributed by atoms with Crippen molar-refractivity contribution in [3.05, 3.63) is 12.1 Å². The smallest absolute Gasteiger partial charge is 0.323 e. The first-order chi connectivity index (χ1) is 4.77. The quantitative estimate of drug-likeness (QED) is 0.401. The molecule has 0 atom stereocenters. The summed E-state index contributed by atoms with van der Waals surface area (Å²) in [6, 6.07) is 0.444. The molecular formula is C4H7N5O. The molecule has 0 aromatic carbocycles. The highest BCUT2D eigenvalue weighted by atomic mass is 16.5. The lowest BCUT2D eigenvalue weighted by Crippen LogP contribution is -2.33. The van der Waals surface area contributed by atoms with Crippen molar-refractivity contribution >= 4 is 6.02 Å². The molecule has 4 N–H and O–H groups in total. The van der Waals surface area contributed by atoms with Gasteiger partial charge in [0.15, 0.2) is 0 Å². The van der Waals surface area contributed by atoms with E-state index < -0.39 is 0 Å². The number of hydrogen-bond donors (Lipinski definition) is 2. The van der Waals surface area contributed by atoms with Crippen LogP contribution in [0.25, 0.3) is 0 Å². The third kappa shape index (κ3) is 0.532. The van der Waals surface area contributed by atoms with Gasteiger partial charge < -0.3 is 10.5 Å². The molecule has 0 saturated carbocycles. The van der Waals surface area contributed by atoms with E-state index in [1.54, 1.807) is 4.90 Å². The summed E-state index contributed by atoms with van der Waals surface area (Å²) in [5.41, 5.74) is 5.48. The predicted molar refractivity (Wildman–Crippen MR) is 33.5 cm³/mol.